The number of aryl methyl sites for hydroxylation is 1. The van der Waals surface area contributed by atoms with E-state index in [0.29, 0.717) is 0 Å². The van der Waals surface area contributed by atoms with Gasteiger partial charge < -0.3 is 5.73 Å². The van der Waals surface area contributed by atoms with Crippen LogP contribution < -0.4 is 10.5 Å². The number of benzene rings is 1. The van der Waals surface area contributed by atoms with Crippen molar-refractivity contribution in [1.82, 2.24) is 4.72 Å². The molecule has 0 aliphatic heterocycles. The predicted octanol–water partition coefficient (Wildman–Crippen LogP) is 0.776. The summed E-state index contributed by atoms with van der Waals surface area (Å²) in [6.45, 7) is -0.792. The largest absolute Gasteiger partial charge is 0.325 e. The van der Waals surface area contributed by atoms with Crippen molar-refractivity contribution >= 4 is 15.7 Å². The second-order valence-corrected chi connectivity index (χ2v) is 5.83. The highest BCUT2D eigenvalue weighted by Crippen LogP contribution is 2.21. The molecule has 0 aliphatic carbocycles. The lowest BCUT2D eigenvalue weighted by Crippen LogP contribution is -2.41. The van der Waals surface area contributed by atoms with Crippen LogP contribution in [0.5, 0.6) is 0 Å². The fourth-order valence-corrected chi connectivity index (χ4v) is 2.69. The quantitative estimate of drug-likeness (QED) is 0.595. The Hall–Kier alpha value is -1.65. The van der Waals surface area contributed by atoms with Gasteiger partial charge in [0.15, 0.2) is 0 Å². The molecule has 0 unspecified atom stereocenters. The molecule has 0 bridgehead atoms. The standard InChI is InChI=1S/C10H13F2N3O4S/c1-7-4-8(15(16)17)2-3-9(7)20(18,19)14-6-10(11,12)5-13/h2-4,14H,5-6,13H2,1H3. The summed E-state index contributed by atoms with van der Waals surface area (Å²) in [4.78, 5) is 9.56. The fraction of sp³-hybridized carbons (Fsp3) is 0.400. The zero-order valence-corrected chi connectivity index (χ0v) is 11.3. The van der Waals surface area contributed by atoms with Crippen LogP contribution in [0, 0.1) is 17.0 Å². The lowest BCUT2D eigenvalue weighted by Gasteiger charge is -2.15. The lowest BCUT2D eigenvalue weighted by atomic mass is 10.2. The van der Waals surface area contributed by atoms with E-state index in [1.54, 1.807) is 4.72 Å². The summed E-state index contributed by atoms with van der Waals surface area (Å²) in [5, 5.41) is 10.5. The Labute approximate surface area is 114 Å². The summed E-state index contributed by atoms with van der Waals surface area (Å²) in [7, 11) is -4.18. The summed E-state index contributed by atoms with van der Waals surface area (Å²) in [5.41, 5.74) is 4.60. The molecular formula is C10H13F2N3O4S. The topological polar surface area (TPSA) is 115 Å². The molecule has 3 N–H and O–H groups in total. The van der Waals surface area contributed by atoms with E-state index < -0.39 is 34.0 Å². The van der Waals surface area contributed by atoms with Gasteiger partial charge in [0.1, 0.15) is 0 Å². The molecule has 0 atom stereocenters. The summed E-state index contributed by atoms with van der Waals surface area (Å²) in [6, 6.07) is 3.04. The highest BCUT2D eigenvalue weighted by Gasteiger charge is 2.30. The maximum absolute atomic E-state index is 12.9. The van der Waals surface area contributed by atoms with Gasteiger partial charge in [0.05, 0.1) is 22.9 Å². The number of nitrogens with two attached hydrogens (primary N) is 1. The molecule has 0 aliphatic rings. The molecule has 0 spiro atoms. The summed E-state index contributed by atoms with van der Waals surface area (Å²) in [5.74, 6) is -3.36. The van der Waals surface area contributed by atoms with Crippen LogP contribution in [-0.4, -0.2) is 32.4 Å². The molecule has 0 fully saturated rings. The van der Waals surface area contributed by atoms with E-state index in [0.717, 1.165) is 18.2 Å². The number of rotatable bonds is 6. The molecule has 1 aromatic rings. The first kappa shape index (κ1) is 16.4. The zero-order valence-electron chi connectivity index (χ0n) is 10.5. The second-order valence-electron chi connectivity index (χ2n) is 4.09. The van der Waals surface area contributed by atoms with Gasteiger partial charge in [-0.25, -0.2) is 21.9 Å². The number of sulfonamides is 1. The van der Waals surface area contributed by atoms with Crippen molar-refractivity contribution in [3.8, 4) is 0 Å². The minimum absolute atomic E-state index is 0.0859. The average molecular weight is 309 g/mol. The van der Waals surface area contributed by atoms with Crippen molar-refractivity contribution in [2.75, 3.05) is 13.1 Å². The summed E-state index contributed by atoms with van der Waals surface area (Å²) >= 11 is 0. The molecule has 0 amide bonds. The first-order valence-electron chi connectivity index (χ1n) is 5.42. The van der Waals surface area contributed by atoms with Crippen LogP contribution in [0.15, 0.2) is 23.1 Å². The van der Waals surface area contributed by atoms with Gasteiger partial charge >= 0.3 is 0 Å². The second kappa shape index (κ2) is 5.77. The van der Waals surface area contributed by atoms with Crippen molar-refractivity contribution in [2.24, 2.45) is 5.73 Å². The van der Waals surface area contributed by atoms with Gasteiger partial charge in [-0.15, -0.1) is 0 Å². The molecule has 0 aromatic heterocycles. The zero-order chi connectivity index (χ0) is 15.6. The minimum atomic E-state index is -4.18. The van der Waals surface area contributed by atoms with E-state index in [1.807, 2.05) is 0 Å². The number of nitrogens with zero attached hydrogens (tertiary/aromatic N) is 1. The Morgan fingerprint density at radius 3 is 2.50 bits per heavy atom. The van der Waals surface area contributed by atoms with E-state index >= 15 is 0 Å². The van der Waals surface area contributed by atoms with E-state index in [9.17, 15) is 27.3 Å². The molecule has 7 nitrogen and oxygen atoms in total. The third-order valence-corrected chi connectivity index (χ3v) is 4.04. The van der Waals surface area contributed by atoms with Gasteiger partial charge in [0, 0.05) is 12.1 Å². The minimum Gasteiger partial charge on any atom is -0.325 e. The van der Waals surface area contributed by atoms with Gasteiger partial charge in [0.2, 0.25) is 10.0 Å². The molecule has 1 rings (SSSR count). The van der Waals surface area contributed by atoms with Crippen LogP contribution >= 0.6 is 0 Å². The predicted molar refractivity (Wildman–Crippen MR) is 67.0 cm³/mol. The van der Waals surface area contributed by atoms with Gasteiger partial charge in [-0.3, -0.25) is 10.1 Å². The van der Waals surface area contributed by atoms with E-state index in [4.69, 9.17) is 5.73 Å². The summed E-state index contributed by atoms with van der Waals surface area (Å²) in [6.07, 6.45) is 0. The number of nitro benzene ring substituents is 1. The normalized spacial score (nSPS) is 12.4. The van der Waals surface area contributed by atoms with Crippen molar-refractivity contribution < 1.29 is 22.1 Å². The van der Waals surface area contributed by atoms with Gasteiger partial charge in [0.25, 0.3) is 11.6 Å². The van der Waals surface area contributed by atoms with Crippen LogP contribution in [0.3, 0.4) is 0 Å². The van der Waals surface area contributed by atoms with Crippen molar-refractivity contribution in [1.29, 1.82) is 0 Å². The number of alkyl halides is 2. The van der Waals surface area contributed by atoms with Crippen LogP contribution in [0.25, 0.3) is 0 Å². The van der Waals surface area contributed by atoms with E-state index in [-0.39, 0.29) is 16.1 Å². The molecule has 0 heterocycles. The SMILES string of the molecule is Cc1cc([N+](=O)[O-])ccc1S(=O)(=O)NCC(F)(F)CN. The van der Waals surface area contributed by atoms with E-state index in [1.165, 1.54) is 6.92 Å². The molecule has 112 valence electrons. The Kier molecular flexibility index (Phi) is 4.73. The molecule has 0 radical (unpaired) electrons. The first-order valence-corrected chi connectivity index (χ1v) is 6.90. The van der Waals surface area contributed by atoms with Crippen LogP contribution in [0.2, 0.25) is 0 Å². The number of hydrogen-bond donors (Lipinski definition) is 2. The number of halogens is 2. The Morgan fingerprint density at radius 2 is 2.05 bits per heavy atom. The maximum Gasteiger partial charge on any atom is 0.273 e. The lowest BCUT2D eigenvalue weighted by molar-refractivity contribution is -0.385. The summed E-state index contributed by atoms with van der Waals surface area (Å²) < 4.78 is 51.3. The van der Waals surface area contributed by atoms with Gasteiger partial charge in [-0.1, -0.05) is 0 Å². The third kappa shape index (κ3) is 3.92. The fourth-order valence-electron chi connectivity index (χ4n) is 1.40. The molecule has 10 heteroatoms. The number of hydrogen-bond acceptors (Lipinski definition) is 5. The monoisotopic (exact) mass is 309 g/mol. The number of nitrogens with one attached hydrogen (secondary N) is 1. The molecule has 1 aromatic carbocycles. The Morgan fingerprint density at radius 1 is 1.45 bits per heavy atom. The van der Waals surface area contributed by atoms with E-state index in [2.05, 4.69) is 0 Å². The average Bonchev–Trinajstić information content (AvgIpc) is 2.36. The molecular weight excluding hydrogens is 296 g/mol. The number of nitro groups is 1. The van der Waals surface area contributed by atoms with Crippen LogP contribution in [-0.2, 0) is 10.0 Å². The molecule has 0 saturated carbocycles. The van der Waals surface area contributed by atoms with Crippen LogP contribution in [0.4, 0.5) is 14.5 Å². The maximum atomic E-state index is 12.9. The Bertz CT molecular complexity index is 619. The smallest absolute Gasteiger partial charge is 0.273 e. The molecule has 0 saturated heterocycles. The van der Waals surface area contributed by atoms with Crippen molar-refractivity contribution in [2.45, 2.75) is 17.7 Å². The Balaban J connectivity index is 3.02. The molecule has 20 heavy (non-hydrogen) atoms. The van der Waals surface area contributed by atoms with Gasteiger partial charge in [-0.05, 0) is 18.6 Å². The third-order valence-electron chi connectivity index (χ3n) is 2.48. The van der Waals surface area contributed by atoms with Crippen molar-refractivity contribution in [3.63, 3.8) is 0 Å². The number of non-ortho nitro benzene ring substituents is 1. The highest BCUT2D eigenvalue weighted by atomic mass is 32.2. The highest BCUT2D eigenvalue weighted by molar-refractivity contribution is 7.89. The van der Waals surface area contributed by atoms with Crippen LogP contribution in [0.1, 0.15) is 5.56 Å². The first-order chi connectivity index (χ1) is 9.09. The van der Waals surface area contributed by atoms with Crippen molar-refractivity contribution in [3.05, 3.63) is 33.9 Å². The van der Waals surface area contributed by atoms with Gasteiger partial charge in [-0.2, -0.15) is 0 Å².